The molecule has 21 heavy (non-hydrogen) atoms. The maximum atomic E-state index is 11.5. The highest BCUT2D eigenvalue weighted by molar-refractivity contribution is 5.89. The molecule has 2 heteroatoms. The Labute approximate surface area is 128 Å². The lowest BCUT2D eigenvalue weighted by atomic mass is 9.76. The third-order valence-electron chi connectivity index (χ3n) is 4.66. The van der Waals surface area contributed by atoms with Crippen molar-refractivity contribution in [1.82, 2.24) is 0 Å². The highest BCUT2D eigenvalue weighted by atomic mass is 16.5. The lowest BCUT2D eigenvalue weighted by Gasteiger charge is -2.30. The normalized spacial score (nSPS) is 17.2. The van der Waals surface area contributed by atoms with Crippen LogP contribution in [0.4, 0.5) is 0 Å². The van der Waals surface area contributed by atoms with Gasteiger partial charge in [0.05, 0.1) is 12.7 Å². The average Bonchev–Trinajstić information content (AvgIpc) is 2.55. The zero-order chi connectivity index (χ0) is 15.1. The van der Waals surface area contributed by atoms with E-state index in [0.717, 1.165) is 18.8 Å². The number of hydrogen-bond acceptors (Lipinski definition) is 2. The number of benzene rings is 1. The summed E-state index contributed by atoms with van der Waals surface area (Å²) in [6, 6.07) is 7.86. The summed E-state index contributed by atoms with van der Waals surface area (Å²) in [5.41, 5.74) is 1.93. The number of hydrogen-bond donors (Lipinski definition) is 0. The van der Waals surface area contributed by atoms with Crippen LogP contribution >= 0.6 is 0 Å². The lowest BCUT2D eigenvalue weighted by Crippen LogP contribution is -2.19. The first-order valence-corrected chi connectivity index (χ1v) is 8.02. The van der Waals surface area contributed by atoms with E-state index in [9.17, 15) is 4.79 Å². The van der Waals surface area contributed by atoms with E-state index in [1.165, 1.54) is 44.8 Å². The van der Waals surface area contributed by atoms with Crippen LogP contribution in [-0.2, 0) is 11.2 Å². The van der Waals surface area contributed by atoms with Gasteiger partial charge in [-0.1, -0.05) is 50.3 Å². The van der Waals surface area contributed by atoms with Crippen LogP contribution < -0.4 is 0 Å². The molecular weight excluding hydrogens is 260 g/mol. The molecule has 0 spiro atoms. The van der Waals surface area contributed by atoms with Gasteiger partial charge in [-0.05, 0) is 42.4 Å². The van der Waals surface area contributed by atoms with Crippen LogP contribution in [0.2, 0.25) is 0 Å². The Bertz CT molecular complexity index is 455. The summed E-state index contributed by atoms with van der Waals surface area (Å²) in [6.07, 6.45) is 11.1. The smallest absolute Gasteiger partial charge is 0.337 e. The van der Waals surface area contributed by atoms with Gasteiger partial charge in [0, 0.05) is 0 Å². The van der Waals surface area contributed by atoms with Crippen molar-refractivity contribution in [3.8, 4) is 0 Å². The van der Waals surface area contributed by atoms with Crippen molar-refractivity contribution < 1.29 is 9.53 Å². The Kier molecular flexibility index (Phi) is 6.04. The van der Waals surface area contributed by atoms with E-state index in [-0.39, 0.29) is 5.97 Å². The van der Waals surface area contributed by atoms with E-state index in [4.69, 9.17) is 4.74 Å². The lowest BCUT2D eigenvalue weighted by molar-refractivity contribution is 0.0600. The number of rotatable bonds is 6. The maximum Gasteiger partial charge on any atom is 0.337 e. The van der Waals surface area contributed by atoms with Crippen molar-refractivity contribution in [1.29, 1.82) is 0 Å². The number of allylic oxidation sites excluding steroid dienone is 1. The fourth-order valence-electron chi connectivity index (χ4n) is 3.46. The summed E-state index contributed by atoms with van der Waals surface area (Å²) in [4.78, 5) is 11.5. The largest absolute Gasteiger partial charge is 0.465 e. The van der Waals surface area contributed by atoms with Crippen LogP contribution in [0.15, 0.2) is 36.9 Å². The van der Waals surface area contributed by atoms with Gasteiger partial charge in [0.1, 0.15) is 0 Å². The Hall–Kier alpha value is -1.57. The van der Waals surface area contributed by atoms with Gasteiger partial charge in [-0.2, -0.15) is 0 Å². The van der Waals surface area contributed by atoms with E-state index >= 15 is 0 Å². The second kappa shape index (κ2) is 8.02. The topological polar surface area (TPSA) is 26.3 Å². The van der Waals surface area contributed by atoms with Crippen molar-refractivity contribution in [2.45, 2.75) is 44.9 Å². The van der Waals surface area contributed by atoms with Gasteiger partial charge in [-0.15, -0.1) is 6.58 Å². The molecule has 0 aromatic heterocycles. The molecule has 1 aromatic carbocycles. The van der Waals surface area contributed by atoms with E-state index in [2.05, 4.69) is 24.8 Å². The molecule has 2 rings (SSSR count). The van der Waals surface area contributed by atoms with Gasteiger partial charge >= 0.3 is 5.97 Å². The molecule has 0 aliphatic heterocycles. The average molecular weight is 286 g/mol. The summed E-state index contributed by atoms with van der Waals surface area (Å²) in [5.74, 6) is 1.25. The van der Waals surface area contributed by atoms with Gasteiger partial charge in [-0.25, -0.2) is 4.79 Å². The quantitative estimate of drug-likeness (QED) is 0.555. The van der Waals surface area contributed by atoms with Crippen LogP contribution in [0, 0.1) is 11.8 Å². The summed E-state index contributed by atoms with van der Waals surface area (Å²) in [5, 5.41) is 0. The molecule has 0 N–H and O–H groups in total. The van der Waals surface area contributed by atoms with Crippen molar-refractivity contribution in [2.75, 3.05) is 7.11 Å². The van der Waals surface area contributed by atoms with Gasteiger partial charge in [0.25, 0.3) is 0 Å². The molecule has 2 nitrogen and oxygen atoms in total. The second-order valence-corrected chi connectivity index (χ2v) is 6.08. The van der Waals surface area contributed by atoms with E-state index in [1.54, 1.807) is 0 Å². The fraction of sp³-hybridized carbons (Fsp3) is 0.526. The van der Waals surface area contributed by atoms with Crippen LogP contribution in [0.25, 0.3) is 0 Å². The molecule has 0 amide bonds. The molecule has 0 heterocycles. The molecule has 1 aliphatic carbocycles. The summed E-state index contributed by atoms with van der Waals surface area (Å²) in [6.45, 7) is 3.92. The molecule has 0 radical (unpaired) electrons. The van der Waals surface area contributed by atoms with Crippen LogP contribution in [0.3, 0.4) is 0 Å². The first-order valence-electron chi connectivity index (χ1n) is 8.02. The third kappa shape index (κ3) is 4.45. The zero-order valence-electron chi connectivity index (χ0n) is 13.0. The Morgan fingerprint density at radius 3 is 2.52 bits per heavy atom. The van der Waals surface area contributed by atoms with Crippen molar-refractivity contribution in [2.24, 2.45) is 11.8 Å². The third-order valence-corrected chi connectivity index (χ3v) is 4.66. The van der Waals surface area contributed by atoms with Gasteiger partial charge < -0.3 is 4.74 Å². The molecule has 1 saturated carbocycles. The predicted octanol–water partition coefficient (Wildman–Crippen LogP) is 4.79. The highest BCUT2D eigenvalue weighted by Crippen LogP contribution is 2.34. The van der Waals surface area contributed by atoms with E-state index in [0.29, 0.717) is 11.5 Å². The first kappa shape index (κ1) is 15.8. The Morgan fingerprint density at radius 2 is 1.95 bits per heavy atom. The minimum Gasteiger partial charge on any atom is -0.465 e. The summed E-state index contributed by atoms with van der Waals surface area (Å²) in [7, 11) is 1.42. The molecule has 1 atom stereocenters. The van der Waals surface area contributed by atoms with Crippen molar-refractivity contribution in [3.63, 3.8) is 0 Å². The monoisotopic (exact) mass is 286 g/mol. The van der Waals surface area contributed by atoms with Crippen molar-refractivity contribution in [3.05, 3.63) is 48.0 Å². The van der Waals surface area contributed by atoms with Gasteiger partial charge in [0.2, 0.25) is 0 Å². The molecular formula is C19H26O2. The number of ether oxygens (including phenoxy) is 1. The fourth-order valence-corrected chi connectivity index (χ4v) is 3.46. The molecule has 0 saturated heterocycles. The number of esters is 1. The summed E-state index contributed by atoms with van der Waals surface area (Å²) >= 11 is 0. The highest BCUT2D eigenvalue weighted by Gasteiger charge is 2.22. The first-order chi connectivity index (χ1) is 10.2. The van der Waals surface area contributed by atoms with Crippen molar-refractivity contribution >= 4 is 5.97 Å². The van der Waals surface area contributed by atoms with Gasteiger partial charge in [0.15, 0.2) is 0 Å². The van der Waals surface area contributed by atoms with Crippen LogP contribution in [-0.4, -0.2) is 13.1 Å². The minimum absolute atomic E-state index is 0.267. The SMILES string of the molecule is C=CCC(Cc1ccc(C(=O)OC)cc1)C1CCCCC1. The zero-order valence-corrected chi connectivity index (χ0v) is 13.0. The molecule has 1 aliphatic rings. The number of methoxy groups -OCH3 is 1. The molecule has 1 unspecified atom stereocenters. The molecule has 1 aromatic rings. The van der Waals surface area contributed by atoms with E-state index < -0.39 is 0 Å². The molecule has 1 fully saturated rings. The molecule has 0 bridgehead atoms. The Balaban J connectivity index is 2.02. The minimum atomic E-state index is -0.267. The summed E-state index contributed by atoms with van der Waals surface area (Å²) < 4.78 is 4.74. The number of carbonyl (C=O) groups is 1. The second-order valence-electron chi connectivity index (χ2n) is 6.08. The van der Waals surface area contributed by atoms with Gasteiger partial charge in [-0.3, -0.25) is 0 Å². The maximum absolute atomic E-state index is 11.5. The predicted molar refractivity (Wildman–Crippen MR) is 86.4 cm³/mol. The van der Waals surface area contributed by atoms with Crippen LogP contribution in [0.1, 0.15) is 54.4 Å². The van der Waals surface area contributed by atoms with E-state index in [1.807, 2.05) is 12.1 Å². The van der Waals surface area contributed by atoms with Crippen LogP contribution in [0.5, 0.6) is 0 Å². The standard InChI is InChI=1S/C19H26O2/c1-3-7-18(16-8-5-4-6-9-16)14-15-10-12-17(13-11-15)19(20)21-2/h3,10-13,16,18H,1,4-9,14H2,2H3. The number of carbonyl (C=O) groups excluding carboxylic acids is 1. The molecule has 114 valence electrons. The Morgan fingerprint density at radius 1 is 1.29 bits per heavy atom.